The summed E-state index contributed by atoms with van der Waals surface area (Å²) >= 11 is 1.45. The van der Waals surface area contributed by atoms with Crippen LogP contribution < -0.4 is 5.32 Å². The van der Waals surface area contributed by atoms with Crippen LogP contribution in [0.5, 0.6) is 0 Å². The van der Waals surface area contributed by atoms with Gasteiger partial charge in [-0.15, -0.1) is 24.0 Å². The van der Waals surface area contributed by atoms with Crippen molar-refractivity contribution in [1.82, 2.24) is 10.2 Å². The Balaban J connectivity index is 0.00000361. The zero-order valence-corrected chi connectivity index (χ0v) is 15.6. The minimum atomic E-state index is -0.417. The molecule has 1 aliphatic heterocycles. The highest BCUT2D eigenvalue weighted by atomic mass is 127. The lowest BCUT2D eigenvalue weighted by atomic mass is 9.97. The molecule has 1 saturated heterocycles. The van der Waals surface area contributed by atoms with Crippen molar-refractivity contribution in [2.75, 3.05) is 25.5 Å². The lowest BCUT2D eigenvalue weighted by Gasteiger charge is -2.33. The fourth-order valence-electron chi connectivity index (χ4n) is 2.01. The second kappa shape index (κ2) is 9.83. The molecule has 0 aliphatic carbocycles. The number of piperidine rings is 1. The number of thioether (sulfide) groups is 1. The maximum absolute atomic E-state index is 11.9. The van der Waals surface area contributed by atoms with Gasteiger partial charge in [-0.2, -0.15) is 0 Å². The Morgan fingerprint density at radius 3 is 2.55 bits per heavy atom. The predicted octanol–water partition coefficient (Wildman–Crippen LogP) is 3.14. The van der Waals surface area contributed by atoms with Gasteiger partial charge in [0.25, 0.3) is 0 Å². The van der Waals surface area contributed by atoms with Crippen LogP contribution in [0.4, 0.5) is 4.79 Å². The molecule has 0 bridgehead atoms. The summed E-state index contributed by atoms with van der Waals surface area (Å²) in [6.45, 7) is 8.19. The third-order valence-corrected chi connectivity index (χ3v) is 3.51. The van der Waals surface area contributed by atoms with Gasteiger partial charge in [-0.25, -0.2) is 4.79 Å². The van der Waals surface area contributed by atoms with Gasteiger partial charge in [0.15, 0.2) is 0 Å². The summed E-state index contributed by atoms with van der Waals surface area (Å²) in [7, 11) is 0. The van der Waals surface area contributed by atoms with Crippen LogP contribution in [0.15, 0.2) is 0 Å². The van der Waals surface area contributed by atoms with E-state index in [1.54, 1.807) is 4.90 Å². The first-order chi connectivity index (χ1) is 8.92. The lowest BCUT2D eigenvalue weighted by Crippen LogP contribution is -2.43. The van der Waals surface area contributed by atoms with E-state index in [1.165, 1.54) is 17.3 Å². The molecule has 0 unspecified atom stereocenters. The first kappa shape index (κ1) is 20.0. The fourth-order valence-corrected chi connectivity index (χ4v) is 2.33. The number of likely N-dealkylation sites (tertiary alicyclic amines) is 1. The average Bonchev–Trinajstić information content (AvgIpc) is 2.33. The number of hydrogen-bond acceptors (Lipinski definition) is 5. The topological polar surface area (TPSA) is 65.4 Å². The Labute approximate surface area is 143 Å². The molecule has 1 amide bonds. The summed E-state index contributed by atoms with van der Waals surface area (Å²) in [6.07, 6.45) is 1.83. The van der Waals surface area contributed by atoms with Crippen molar-refractivity contribution in [2.45, 2.75) is 39.2 Å². The summed E-state index contributed by atoms with van der Waals surface area (Å²) in [5, 5.41) is 10.2. The number of carbonyl (C=O) groups excluding carboxylic acids is 1. The molecule has 1 heterocycles. The smallest absolute Gasteiger partial charge is 0.410 e. The van der Waals surface area contributed by atoms with E-state index in [0.29, 0.717) is 5.92 Å². The van der Waals surface area contributed by atoms with E-state index >= 15 is 0 Å². The zero-order valence-electron chi connectivity index (χ0n) is 12.5. The van der Waals surface area contributed by atoms with E-state index in [-0.39, 0.29) is 30.1 Å². The Hall–Kier alpha value is -0.0200. The quantitative estimate of drug-likeness (QED) is 0.238. The highest BCUT2D eigenvalue weighted by Crippen LogP contribution is 2.19. The van der Waals surface area contributed by atoms with Crippen molar-refractivity contribution in [2.24, 2.45) is 5.92 Å². The first-order valence-corrected chi connectivity index (χ1v) is 7.76. The number of hydrogen-bond donors (Lipinski definition) is 2. The van der Waals surface area contributed by atoms with Crippen molar-refractivity contribution in [3.05, 3.63) is 0 Å². The second-order valence-corrected chi connectivity index (χ2v) is 6.65. The molecule has 7 heteroatoms. The van der Waals surface area contributed by atoms with E-state index < -0.39 is 5.60 Å². The van der Waals surface area contributed by atoms with Crippen molar-refractivity contribution in [3.63, 3.8) is 0 Å². The summed E-state index contributed by atoms with van der Waals surface area (Å²) in [5.74, 6) is 1.40. The Morgan fingerprint density at radius 2 is 2.05 bits per heavy atom. The molecule has 1 fully saturated rings. The van der Waals surface area contributed by atoms with Gasteiger partial charge in [0, 0.05) is 19.0 Å². The Bertz CT molecular complexity index is 302. The van der Waals surface area contributed by atoms with Gasteiger partial charge in [-0.05, 0) is 46.1 Å². The Morgan fingerprint density at radius 1 is 1.45 bits per heavy atom. The van der Waals surface area contributed by atoms with Crippen molar-refractivity contribution < 1.29 is 9.53 Å². The molecule has 20 heavy (non-hydrogen) atoms. The van der Waals surface area contributed by atoms with Crippen LogP contribution in [-0.2, 0) is 4.74 Å². The number of carbonyl (C=O) groups is 1. The average molecular weight is 415 g/mol. The minimum Gasteiger partial charge on any atom is -0.444 e. The highest BCUT2D eigenvalue weighted by molar-refractivity contribution is 14.0. The van der Waals surface area contributed by atoms with Crippen molar-refractivity contribution in [1.29, 1.82) is 5.41 Å². The zero-order chi connectivity index (χ0) is 14.3. The third kappa shape index (κ3) is 8.31. The summed E-state index contributed by atoms with van der Waals surface area (Å²) in [5.41, 5.74) is 0.928. The van der Waals surface area contributed by atoms with Gasteiger partial charge in [-0.1, -0.05) is 11.8 Å². The fraction of sp³-hybridized carbons (Fsp3) is 0.846. The van der Waals surface area contributed by atoms with Crippen LogP contribution in [0.25, 0.3) is 0 Å². The van der Waals surface area contributed by atoms with E-state index in [0.717, 1.165) is 38.4 Å². The Kier molecular flexibility index (Phi) is 9.82. The maximum Gasteiger partial charge on any atom is 0.410 e. The molecule has 0 aromatic heterocycles. The molecule has 2 N–H and O–H groups in total. The number of rotatable bonds is 5. The summed E-state index contributed by atoms with van der Waals surface area (Å²) in [4.78, 5) is 13.7. The van der Waals surface area contributed by atoms with Gasteiger partial charge < -0.3 is 20.4 Å². The van der Waals surface area contributed by atoms with E-state index in [1.807, 2.05) is 20.8 Å². The molecule has 0 aromatic rings. The molecule has 118 valence electrons. The predicted molar refractivity (Wildman–Crippen MR) is 95.2 cm³/mol. The van der Waals surface area contributed by atoms with Gasteiger partial charge >= 0.3 is 6.09 Å². The summed E-state index contributed by atoms with van der Waals surface area (Å²) in [6, 6.07) is 0. The lowest BCUT2D eigenvalue weighted by molar-refractivity contribution is 0.0184. The normalized spacial score (nSPS) is 16.4. The molecule has 0 radical (unpaired) electrons. The van der Waals surface area contributed by atoms with E-state index in [9.17, 15) is 4.79 Å². The van der Waals surface area contributed by atoms with Crippen LogP contribution in [0, 0.1) is 11.3 Å². The van der Waals surface area contributed by atoms with Crippen molar-refractivity contribution >= 4 is 47.4 Å². The number of halogens is 1. The third-order valence-electron chi connectivity index (χ3n) is 2.97. The van der Waals surface area contributed by atoms with E-state index in [4.69, 9.17) is 10.1 Å². The minimum absolute atomic E-state index is 0. The van der Waals surface area contributed by atoms with Crippen LogP contribution >= 0.6 is 35.7 Å². The van der Waals surface area contributed by atoms with Gasteiger partial charge in [-0.3, -0.25) is 0 Å². The van der Waals surface area contributed by atoms with Crippen LogP contribution in [-0.4, -0.2) is 47.7 Å². The molecule has 0 atom stereocenters. The second-order valence-electron chi connectivity index (χ2n) is 5.79. The molecule has 0 saturated carbocycles. The largest absolute Gasteiger partial charge is 0.444 e. The molecule has 0 spiro atoms. The number of nitrogens with one attached hydrogen (secondary N) is 2. The number of nitrogens with zero attached hydrogens (tertiary/aromatic N) is 1. The monoisotopic (exact) mass is 415 g/mol. The van der Waals surface area contributed by atoms with Gasteiger partial charge in [0.1, 0.15) is 5.60 Å². The first-order valence-electron chi connectivity index (χ1n) is 6.71. The highest BCUT2D eigenvalue weighted by Gasteiger charge is 2.26. The molecular formula is C13H26IN3O2S. The van der Waals surface area contributed by atoms with Crippen LogP contribution in [0.3, 0.4) is 0 Å². The summed E-state index contributed by atoms with van der Waals surface area (Å²) < 4.78 is 5.37. The number of amides is 1. The van der Waals surface area contributed by atoms with E-state index in [2.05, 4.69) is 5.32 Å². The van der Waals surface area contributed by atoms with Gasteiger partial charge in [0.2, 0.25) is 0 Å². The van der Waals surface area contributed by atoms with Crippen LogP contribution in [0.1, 0.15) is 33.6 Å². The standard InChI is InChI=1S/C13H25N3O2S.HI/c1-13(2,3)18-12(17)16-6-4-11(5-7-16)8-15-10-19-9-14;/h9,11,14-15H,4-8,10H2,1-3H3;1H. The maximum atomic E-state index is 11.9. The molecular weight excluding hydrogens is 389 g/mol. The van der Waals surface area contributed by atoms with Crippen LogP contribution in [0.2, 0.25) is 0 Å². The molecule has 1 rings (SSSR count). The van der Waals surface area contributed by atoms with Crippen molar-refractivity contribution in [3.8, 4) is 0 Å². The number of ether oxygens (including phenoxy) is 1. The SMILES string of the molecule is CC(C)(C)OC(=O)N1CCC(CNCSC=N)CC1.I. The molecule has 5 nitrogen and oxygen atoms in total. The molecule has 1 aliphatic rings. The molecule has 0 aromatic carbocycles. The van der Waals surface area contributed by atoms with Gasteiger partial charge in [0.05, 0.1) is 5.55 Å².